The SMILES string of the molecule is O=CCNC(=O)C(NC=O)c1ccc2ccccc2c1. The Morgan fingerprint density at radius 2 is 1.85 bits per heavy atom. The molecule has 0 aliphatic heterocycles. The standard InChI is InChI=1S/C15H14N2O3/c18-8-7-16-15(20)14(17-10-19)13-6-5-11-3-1-2-4-12(11)9-13/h1-6,8-10,14H,7H2,(H,16,20)(H,17,19). The molecule has 0 heterocycles. The van der Waals surface area contributed by atoms with E-state index in [9.17, 15) is 14.4 Å². The molecule has 102 valence electrons. The minimum Gasteiger partial charge on any atom is -0.347 e. The average molecular weight is 270 g/mol. The Kier molecular flexibility index (Phi) is 4.44. The van der Waals surface area contributed by atoms with Crippen LogP contribution < -0.4 is 10.6 Å². The van der Waals surface area contributed by atoms with Crippen molar-refractivity contribution < 1.29 is 14.4 Å². The Morgan fingerprint density at radius 1 is 1.10 bits per heavy atom. The number of fused-ring (bicyclic) bond motifs is 1. The minimum atomic E-state index is -0.808. The van der Waals surface area contributed by atoms with E-state index in [2.05, 4.69) is 10.6 Å². The maximum absolute atomic E-state index is 11.9. The Morgan fingerprint density at radius 3 is 2.55 bits per heavy atom. The van der Waals surface area contributed by atoms with Gasteiger partial charge in [0.05, 0.1) is 6.54 Å². The zero-order valence-electron chi connectivity index (χ0n) is 10.7. The molecule has 2 rings (SSSR count). The first-order valence-corrected chi connectivity index (χ1v) is 6.16. The van der Waals surface area contributed by atoms with Crippen LogP contribution in [0.15, 0.2) is 42.5 Å². The normalized spacial score (nSPS) is 11.6. The van der Waals surface area contributed by atoms with Gasteiger partial charge < -0.3 is 15.4 Å². The summed E-state index contributed by atoms with van der Waals surface area (Å²) >= 11 is 0. The molecule has 20 heavy (non-hydrogen) atoms. The lowest BCUT2D eigenvalue weighted by atomic mass is 10.0. The van der Waals surface area contributed by atoms with Crippen LogP contribution >= 0.6 is 0 Å². The zero-order chi connectivity index (χ0) is 14.4. The molecule has 0 saturated carbocycles. The topological polar surface area (TPSA) is 75.3 Å². The largest absolute Gasteiger partial charge is 0.347 e. The van der Waals surface area contributed by atoms with E-state index < -0.39 is 11.9 Å². The van der Waals surface area contributed by atoms with Crippen LogP contribution in [0, 0.1) is 0 Å². The molecule has 0 bridgehead atoms. The van der Waals surface area contributed by atoms with Gasteiger partial charge in [-0.1, -0.05) is 36.4 Å². The molecular weight excluding hydrogens is 256 g/mol. The molecule has 5 nitrogen and oxygen atoms in total. The van der Waals surface area contributed by atoms with Crippen LogP contribution in [0.1, 0.15) is 11.6 Å². The summed E-state index contributed by atoms with van der Waals surface area (Å²) in [6.07, 6.45) is 1.07. The van der Waals surface area contributed by atoms with Crippen LogP contribution in [-0.2, 0) is 14.4 Å². The molecule has 5 heteroatoms. The quantitative estimate of drug-likeness (QED) is 0.767. The third-order valence-electron chi connectivity index (χ3n) is 2.96. The van der Waals surface area contributed by atoms with Gasteiger partial charge in [-0.3, -0.25) is 9.59 Å². The van der Waals surface area contributed by atoms with Gasteiger partial charge >= 0.3 is 0 Å². The fourth-order valence-electron chi connectivity index (χ4n) is 2.02. The van der Waals surface area contributed by atoms with Crippen LogP contribution in [0.3, 0.4) is 0 Å². The number of amides is 2. The number of carbonyl (C=O) groups is 3. The molecule has 0 aliphatic carbocycles. The van der Waals surface area contributed by atoms with Crippen molar-refractivity contribution in [1.29, 1.82) is 0 Å². The first-order chi connectivity index (χ1) is 9.76. The second kappa shape index (κ2) is 6.47. The predicted octanol–water partition coefficient (Wildman–Crippen LogP) is 0.942. The summed E-state index contributed by atoms with van der Waals surface area (Å²) in [4.78, 5) is 32.9. The molecule has 2 aromatic rings. The van der Waals surface area contributed by atoms with Crippen molar-refractivity contribution in [2.24, 2.45) is 0 Å². The highest BCUT2D eigenvalue weighted by Crippen LogP contribution is 2.20. The number of hydrogen-bond donors (Lipinski definition) is 2. The van der Waals surface area contributed by atoms with Crippen molar-refractivity contribution in [2.75, 3.05) is 6.54 Å². The van der Waals surface area contributed by atoms with E-state index in [0.29, 0.717) is 18.3 Å². The number of aldehydes is 1. The molecule has 1 atom stereocenters. The van der Waals surface area contributed by atoms with Crippen molar-refractivity contribution in [1.82, 2.24) is 10.6 Å². The summed E-state index contributed by atoms with van der Waals surface area (Å²) < 4.78 is 0. The maximum Gasteiger partial charge on any atom is 0.247 e. The van der Waals surface area contributed by atoms with Gasteiger partial charge in [0.15, 0.2) is 0 Å². The third-order valence-corrected chi connectivity index (χ3v) is 2.96. The fraction of sp³-hybridized carbons (Fsp3) is 0.133. The molecule has 1 unspecified atom stereocenters. The Labute approximate surface area is 116 Å². The lowest BCUT2D eigenvalue weighted by Gasteiger charge is -2.16. The number of hydrogen-bond acceptors (Lipinski definition) is 3. The van der Waals surface area contributed by atoms with Gasteiger partial charge in [0, 0.05) is 0 Å². The van der Waals surface area contributed by atoms with Crippen molar-refractivity contribution in [3.8, 4) is 0 Å². The first kappa shape index (κ1) is 13.7. The number of benzene rings is 2. The van der Waals surface area contributed by atoms with E-state index >= 15 is 0 Å². The zero-order valence-corrected chi connectivity index (χ0v) is 10.7. The summed E-state index contributed by atoms with van der Waals surface area (Å²) in [6, 6.07) is 12.4. The third kappa shape index (κ3) is 3.00. The van der Waals surface area contributed by atoms with Gasteiger partial charge in [-0.05, 0) is 22.4 Å². The molecular formula is C15H14N2O3. The van der Waals surface area contributed by atoms with Crippen molar-refractivity contribution in [3.63, 3.8) is 0 Å². The van der Waals surface area contributed by atoms with E-state index in [0.717, 1.165) is 10.8 Å². The maximum atomic E-state index is 11.9. The molecule has 0 saturated heterocycles. The number of rotatable bonds is 6. The van der Waals surface area contributed by atoms with Crippen LogP contribution in [0.25, 0.3) is 10.8 Å². The lowest BCUT2D eigenvalue weighted by molar-refractivity contribution is -0.126. The van der Waals surface area contributed by atoms with Crippen LogP contribution in [-0.4, -0.2) is 25.1 Å². The minimum absolute atomic E-state index is 0.0799. The van der Waals surface area contributed by atoms with E-state index in [-0.39, 0.29) is 6.54 Å². The number of nitrogens with one attached hydrogen (secondary N) is 2. The number of carbonyl (C=O) groups excluding carboxylic acids is 3. The molecule has 0 spiro atoms. The van der Waals surface area contributed by atoms with Gasteiger partial charge in [0.1, 0.15) is 12.3 Å². The summed E-state index contributed by atoms with van der Waals surface area (Å²) in [5.74, 6) is -0.417. The van der Waals surface area contributed by atoms with E-state index in [1.54, 1.807) is 6.07 Å². The van der Waals surface area contributed by atoms with E-state index in [1.807, 2.05) is 36.4 Å². The smallest absolute Gasteiger partial charge is 0.247 e. The summed E-state index contributed by atoms with van der Waals surface area (Å²) in [7, 11) is 0. The summed E-state index contributed by atoms with van der Waals surface area (Å²) in [5, 5.41) is 6.93. The van der Waals surface area contributed by atoms with Crippen LogP contribution in [0.5, 0.6) is 0 Å². The molecule has 2 N–H and O–H groups in total. The highest BCUT2D eigenvalue weighted by Gasteiger charge is 2.19. The molecule has 0 aliphatic rings. The highest BCUT2D eigenvalue weighted by molar-refractivity contribution is 5.89. The molecule has 2 amide bonds. The van der Waals surface area contributed by atoms with Crippen molar-refractivity contribution in [2.45, 2.75) is 6.04 Å². The van der Waals surface area contributed by atoms with Crippen LogP contribution in [0.2, 0.25) is 0 Å². The van der Waals surface area contributed by atoms with E-state index in [4.69, 9.17) is 0 Å². The van der Waals surface area contributed by atoms with Gasteiger partial charge in [0.2, 0.25) is 12.3 Å². The lowest BCUT2D eigenvalue weighted by Crippen LogP contribution is -2.37. The average Bonchev–Trinajstić information content (AvgIpc) is 2.49. The van der Waals surface area contributed by atoms with Crippen molar-refractivity contribution >= 4 is 29.4 Å². The second-order valence-electron chi connectivity index (χ2n) is 4.24. The summed E-state index contributed by atoms with van der Waals surface area (Å²) in [6.45, 7) is -0.0799. The van der Waals surface area contributed by atoms with Gasteiger partial charge in [-0.15, -0.1) is 0 Å². The first-order valence-electron chi connectivity index (χ1n) is 6.16. The molecule has 0 aromatic heterocycles. The molecule has 0 radical (unpaired) electrons. The Bertz CT molecular complexity index is 640. The van der Waals surface area contributed by atoms with Crippen molar-refractivity contribution in [3.05, 3.63) is 48.0 Å². The van der Waals surface area contributed by atoms with Crippen LogP contribution in [0.4, 0.5) is 0 Å². The molecule has 0 fully saturated rings. The summed E-state index contributed by atoms with van der Waals surface area (Å²) in [5.41, 5.74) is 0.666. The molecule has 2 aromatic carbocycles. The fourth-order valence-corrected chi connectivity index (χ4v) is 2.02. The predicted molar refractivity (Wildman–Crippen MR) is 75.0 cm³/mol. The highest BCUT2D eigenvalue weighted by atomic mass is 16.2. The van der Waals surface area contributed by atoms with E-state index in [1.165, 1.54) is 0 Å². The van der Waals surface area contributed by atoms with Gasteiger partial charge in [-0.2, -0.15) is 0 Å². The monoisotopic (exact) mass is 270 g/mol. The second-order valence-corrected chi connectivity index (χ2v) is 4.24. The van der Waals surface area contributed by atoms with Gasteiger partial charge in [-0.25, -0.2) is 0 Å². The van der Waals surface area contributed by atoms with Gasteiger partial charge in [0.25, 0.3) is 0 Å². The Hall–Kier alpha value is -2.69. The Balaban J connectivity index is 2.32.